The maximum atomic E-state index is 12.1. The number of hydrogen-bond acceptors (Lipinski definition) is 8. The van der Waals surface area contributed by atoms with Crippen LogP contribution in [0.1, 0.15) is 22.5 Å². The number of nitrogens with zero attached hydrogens (tertiary/aromatic N) is 4. The number of rotatable bonds is 9. The summed E-state index contributed by atoms with van der Waals surface area (Å²) in [4.78, 5) is 26.8. The molecule has 10 nitrogen and oxygen atoms in total. The molecule has 0 unspecified atom stereocenters. The summed E-state index contributed by atoms with van der Waals surface area (Å²) >= 11 is 0. The van der Waals surface area contributed by atoms with Crippen LogP contribution in [0.2, 0.25) is 0 Å². The second-order valence-corrected chi connectivity index (χ2v) is 7.00. The van der Waals surface area contributed by atoms with Crippen LogP contribution in [-0.2, 0) is 0 Å². The van der Waals surface area contributed by atoms with E-state index in [1.54, 1.807) is 24.3 Å². The number of hydrazone groups is 1. The van der Waals surface area contributed by atoms with Gasteiger partial charge in [0.15, 0.2) is 5.76 Å². The molecule has 2 aromatic rings. The Kier molecular flexibility index (Phi) is 7.52. The molecule has 1 fully saturated rings. The monoisotopic (exact) mass is 415 g/mol. The molecule has 0 radical (unpaired) electrons. The molecule has 1 saturated heterocycles. The number of likely N-dealkylation sites (N-methyl/N-ethyl adjacent to an activating group) is 1. The van der Waals surface area contributed by atoms with Crippen LogP contribution in [0.3, 0.4) is 0 Å². The second kappa shape index (κ2) is 10.5. The molecule has 0 aliphatic carbocycles. The van der Waals surface area contributed by atoms with Crippen LogP contribution in [0.15, 0.2) is 45.9 Å². The van der Waals surface area contributed by atoms with Gasteiger partial charge in [-0.15, -0.1) is 0 Å². The van der Waals surface area contributed by atoms with Crippen molar-refractivity contribution in [3.63, 3.8) is 0 Å². The van der Waals surface area contributed by atoms with Crippen molar-refractivity contribution in [2.75, 3.05) is 46.4 Å². The molecule has 0 saturated carbocycles. The van der Waals surface area contributed by atoms with Crippen LogP contribution in [0.5, 0.6) is 5.75 Å². The molecule has 1 amide bonds. The SMILES string of the molecule is CN1CCN(CCCOc2ccc(C(=O)N/N=C/c3ccc([N+](=O)[O-])o3)cc2)CC1. The summed E-state index contributed by atoms with van der Waals surface area (Å²) in [5.41, 5.74) is 2.77. The van der Waals surface area contributed by atoms with Gasteiger partial charge in [0, 0.05) is 38.3 Å². The van der Waals surface area contributed by atoms with E-state index in [9.17, 15) is 14.9 Å². The number of furan rings is 1. The lowest BCUT2D eigenvalue weighted by Gasteiger charge is -2.32. The number of ether oxygens (including phenoxy) is 1. The first kappa shape index (κ1) is 21.5. The Hall–Kier alpha value is -3.24. The zero-order valence-electron chi connectivity index (χ0n) is 16.8. The molecular weight excluding hydrogens is 390 g/mol. The summed E-state index contributed by atoms with van der Waals surface area (Å²) < 4.78 is 10.7. The quantitative estimate of drug-likeness (QED) is 0.288. The van der Waals surface area contributed by atoms with Crippen LogP contribution in [-0.4, -0.2) is 73.2 Å². The molecule has 1 aliphatic heterocycles. The highest BCUT2D eigenvalue weighted by Crippen LogP contribution is 2.14. The predicted octanol–water partition coefficient (Wildman–Crippen LogP) is 1.97. The molecule has 0 spiro atoms. The number of piperazine rings is 1. The third kappa shape index (κ3) is 6.39. The van der Waals surface area contributed by atoms with E-state index in [0.29, 0.717) is 17.9 Å². The molecular formula is C20H25N5O5. The third-order valence-electron chi connectivity index (χ3n) is 4.75. The first-order valence-electron chi connectivity index (χ1n) is 9.72. The standard InChI is InChI=1S/C20H25N5O5/c1-23-10-12-24(13-11-23)9-2-14-29-17-5-3-16(4-6-17)20(26)22-21-15-18-7-8-19(30-18)25(27)28/h3-8,15H,2,9-14H2,1H3,(H,22,26)/b21-15+. The molecule has 10 heteroatoms. The van der Waals surface area contributed by atoms with Crippen molar-refractivity contribution in [3.05, 3.63) is 57.8 Å². The molecule has 160 valence electrons. The average Bonchev–Trinajstić information content (AvgIpc) is 3.22. The molecule has 0 bridgehead atoms. The highest BCUT2D eigenvalue weighted by Gasteiger charge is 2.13. The van der Waals surface area contributed by atoms with Gasteiger partial charge in [-0.3, -0.25) is 14.9 Å². The summed E-state index contributed by atoms with van der Waals surface area (Å²) in [7, 11) is 2.14. The van der Waals surface area contributed by atoms with Crippen LogP contribution < -0.4 is 10.2 Å². The second-order valence-electron chi connectivity index (χ2n) is 7.00. The number of carbonyl (C=O) groups excluding carboxylic acids is 1. The fourth-order valence-electron chi connectivity index (χ4n) is 2.98. The number of carbonyl (C=O) groups is 1. The van der Waals surface area contributed by atoms with Gasteiger partial charge in [-0.2, -0.15) is 5.10 Å². The van der Waals surface area contributed by atoms with Crippen LogP contribution >= 0.6 is 0 Å². The number of benzene rings is 1. The predicted molar refractivity (Wildman–Crippen MR) is 111 cm³/mol. The maximum absolute atomic E-state index is 12.1. The fourth-order valence-corrected chi connectivity index (χ4v) is 2.98. The first-order chi connectivity index (χ1) is 14.5. The van der Waals surface area contributed by atoms with Crippen molar-refractivity contribution in [2.45, 2.75) is 6.42 Å². The number of nitrogens with one attached hydrogen (secondary N) is 1. The largest absolute Gasteiger partial charge is 0.494 e. The zero-order chi connectivity index (χ0) is 21.3. The third-order valence-corrected chi connectivity index (χ3v) is 4.75. The number of amides is 1. The summed E-state index contributed by atoms with van der Waals surface area (Å²) in [6, 6.07) is 9.39. The summed E-state index contributed by atoms with van der Waals surface area (Å²) in [5, 5.41) is 14.3. The van der Waals surface area contributed by atoms with E-state index < -0.39 is 10.8 Å². The molecule has 1 aliphatic rings. The minimum absolute atomic E-state index is 0.169. The van der Waals surface area contributed by atoms with Crippen molar-refractivity contribution < 1.29 is 18.9 Å². The van der Waals surface area contributed by atoms with Gasteiger partial charge in [0.05, 0.1) is 18.9 Å². The Morgan fingerprint density at radius 2 is 1.97 bits per heavy atom. The van der Waals surface area contributed by atoms with E-state index >= 15 is 0 Å². The topological polar surface area (TPSA) is 113 Å². The lowest BCUT2D eigenvalue weighted by molar-refractivity contribution is -0.402. The molecule has 1 aromatic heterocycles. The Bertz CT molecular complexity index is 872. The minimum Gasteiger partial charge on any atom is -0.494 e. The van der Waals surface area contributed by atoms with E-state index in [4.69, 9.17) is 9.15 Å². The maximum Gasteiger partial charge on any atom is 0.433 e. The van der Waals surface area contributed by atoms with E-state index in [0.717, 1.165) is 39.1 Å². The smallest absolute Gasteiger partial charge is 0.433 e. The number of nitro groups is 1. The van der Waals surface area contributed by atoms with Gasteiger partial charge in [0.2, 0.25) is 0 Å². The minimum atomic E-state index is -0.647. The molecule has 0 atom stereocenters. The summed E-state index contributed by atoms with van der Waals surface area (Å²) in [5.74, 6) is 0.0782. The highest BCUT2D eigenvalue weighted by atomic mass is 16.6. The lowest BCUT2D eigenvalue weighted by Crippen LogP contribution is -2.44. The van der Waals surface area contributed by atoms with Crippen molar-refractivity contribution in [3.8, 4) is 5.75 Å². The molecule has 1 aromatic carbocycles. The molecule has 2 heterocycles. The van der Waals surface area contributed by atoms with Gasteiger partial charge in [-0.1, -0.05) is 0 Å². The highest BCUT2D eigenvalue weighted by molar-refractivity contribution is 5.94. The Balaban J connectivity index is 1.38. The van der Waals surface area contributed by atoms with Gasteiger partial charge in [0.25, 0.3) is 5.91 Å². The van der Waals surface area contributed by atoms with Crippen LogP contribution in [0.25, 0.3) is 0 Å². The average molecular weight is 415 g/mol. The van der Waals surface area contributed by atoms with Crippen molar-refractivity contribution in [2.24, 2.45) is 5.10 Å². The fraction of sp³-hybridized carbons (Fsp3) is 0.400. The summed E-state index contributed by atoms with van der Waals surface area (Å²) in [6.45, 7) is 6.05. The van der Waals surface area contributed by atoms with E-state index in [1.165, 1.54) is 18.3 Å². The van der Waals surface area contributed by atoms with Crippen LogP contribution in [0.4, 0.5) is 5.88 Å². The zero-order valence-corrected chi connectivity index (χ0v) is 16.8. The van der Waals surface area contributed by atoms with Gasteiger partial charge >= 0.3 is 5.88 Å². The van der Waals surface area contributed by atoms with Gasteiger partial charge in [0.1, 0.15) is 10.7 Å². The van der Waals surface area contributed by atoms with E-state index in [1.807, 2.05) is 0 Å². The summed E-state index contributed by atoms with van der Waals surface area (Å²) in [6.07, 6.45) is 2.15. The normalized spacial score (nSPS) is 15.4. The van der Waals surface area contributed by atoms with Gasteiger partial charge in [-0.25, -0.2) is 5.43 Å². The Morgan fingerprint density at radius 1 is 1.23 bits per heavy atom. The molecule has 30 heavy (non-hydrogen) atoms. The lowest BCUT2D eigenvalue weighted by atomic mass is 10.2. The molecule has 1 N–H and O–H groups in total. The first-order valence-corrected chi connectivity index (χ1v) is 9.72. The van der Waals surface area contributed by atoms with Crippen molar-refractivity contribution >= 4 is 18.0 Å². The Morgan fingerprint density at radius 3 is 2.63 bits per heavy atom. The van der Waals surface area contributed by atoms with Crippen LogP contribution in [0, 0.1) is 10.1 Å². The van der Waals surface area contributed by atoms with Gasteiger partial charge < -0.3 is 19.0 Å². The van der Waals surface area contributed by atoms with Crippen molar-refractivity contribution in [1.29, 1.82) is 0 Å². The molecule has 3 rings (SSSR count). The van der Waals surface area contributed by atoms with E-state index in [2.05, 4.69) is 27.4 Å². The van der Waals surface area contributed by atoms with E-state index in [-0.39, 0.29) is 11.6 Å². The van der Waals surface area contributed by atoms with Crippen molar-refractivity contribution in [1.82, 2.24) is 15.2 Å². The number of hydrogen-bond donors (Lipinski definition) is 1. The van der Waals surface area contributed by atoms with Gasteiger partial charge in [-0.05, 0) is 43.8 Å². The Labute approximate surface area is 174 Å².